The highest BCUT2D eigenvalue weighted by Crippen LogP contribution is 2.31. The molecule has 162 valence electrons. The summed E-state index contributed by atoms with van der Waals surface area (Å²) < 4.78 is 35.4. The largest absolute Gasteiger partial charge is 0.494 e. The van der Waals surface area contributed by atoms with Crippen LogP contribution >= 0.6 is 0 Å². The summed E-state index contributed by atoms with van der Waals surface area (Å²) in [7, 11) is -3.31. The Morgan fingerprint density at radius 1 is 0.828 bits per heavy atom. The Morgan fingerprint density at radius 2 is 1.52 bits per heavy atom. The lowest BCUT2D eigenvalue weighted by molar-refractivity contribution is 0.264. The van der Waals surface area contributed by atoms with Gasteiger partial charge in [-0.1, -0.05) is 12.5 Å². The summed E-state index contributed by atoms with van der Waals surface area (Å²) in [5.41, 5.74) is 4.15. The summed E-state index contributed by atoms with van der Waals surface area (Å²) in [4.78, 5) is 2.39. The molecule has 6 nitrogen and oxygen atoms in total. The highest BCUT2D eigenvalue weighted by atomic mass is 32.2. The number of nitrogens with zero attached hydrogens (tertiary/aromatic N) is 3. The maximum absolute atomic E-state index is 13.0. The van der Waals surface area contributed by atoms with Crippen LogP contribution in [0.15, 0.2) is 12.1 Å². The zero-order valence-electron chi connectivity index (χ0n) is 17.7. The molecule has 0 N–H and O–H groups in total. The summed E-state index contributed by atoms with van der Waals surface area (Å²) in [6.07, 6.45) is 7.54. The van der Waals surface area contributed by atoms with E-state index in [2.05, 4.69) is 17.0 Å². The van der Waals surface area contributed by atoms with Gasteiger partial charge in [-0.05, 0) is 69.2 Å². The van der Waals surface area contributed by atoms with Crippen LogP contribution in [0.5, 0.6) is 5.75 Å². The molecule has 2 fully saturated rings. The van der Waals surface area contributed by atoms with Gasteiger partial charge < -0.3 is 4.74 Å². The third-order valence-electron chi connectivity index (χ3n) is 6.48. The third kappa shape index (κ3) is 4.79. The molecule has 4 rings (SSSR count). The standard InChI is InChI=1S/C22H35N3O3S/c1-2-28-22-17-20-9-6-8-19(20)16-21(22)18-23-10-7-13-25(15-14-23)29(26,27)24-11-4-3-5-12-24/h16-17H,2-15,18H2,1H3. The summed E-state index contributed by atoms with van der Waals surface area (Å²) in [5.74, 6) is 1.01. The van der Waals surface area contributed by atoms with Crippen LogP contribution in [-0.2, 0) is 29.6 Å². The average Bonchev–Trinajstić information content (AvgIpc) is 3.04. The second kappa shape index (κ2) is 9.33. The van der Waals surface area contributed by atoms with E-state index >= 15 is 0 Å². The van der Waals surface area contributed by atoms with Crippen LogP contribution in [0, 0.1) is 0 Å². The SMILES string of the molecule is CCOc1cc2c(cc1CN1CCCN(S(=O)(=O)N3CCCCC3)CC1)CCC2. The van der Waals surface area contributed by atoms with Gasteiger partial charge in [0.05, 0.1) is 6.61 Å². The monoisotopic (exact) mass is 421 g/mol. The number of piperidine rings is 1. The van der Waals surface area contributed by atoms with Crippen molar-refractivity contribution in [2.24, 2.45) is 0 Å². The van der Waals surface area contributed by atoms with Crippen LogP contribution in [0.3, 0.4) is 0 Å². The molecule has 1 aliphatic carbocycles. The molecule has 2 heterocycles. The number of benzene rings is 1. The first-order valence-corrected chi connectivity index (χ1v) is 12.7. The molecule has 2 saturated heterocycles. The van der Waals surface area contributed by atoms with Crippen molar-refractivity contribution in [2.75, 3.05) is 45.9 Å². The normalized spacial score (nSPS) is 22.4. The Kier molecular flexibility index (Phi) is 6.79. The van der Waals surface area contributed by atoms with Gasteiger partial charge in [0.25, 0.3) is 10.2 Å². The Bertz CT molecular complexity index is 806. The molecular weight excluding hydrogens is 386 g/mol. The molecule has 0 bridgehead atoms. The first-order chi connectivity index (χ1) is 14.1. The molecule has 1 aromatic rings. The lowest BCUT2D eigenvalue weighted by Gasteiger charge is -2.31. The van der Waals surface area contributed by atoms with Crippen LogP contribution < -0.4 is 4.74 Å². The van der Waals surface area contributed by atoms with E-state index in [0.29, 0.717) is 32.8 Å². The maximum atomic E-state index is 13.0. The van der Waals surface area contributed by atoms with Gasteiger partial charge in [0, 0.05) is 44.8 Å². The molecule has 0 aromatic heterocycles. The molecule has 0 unspecified atom stereocenters. The summed E-state index contributed by atoms with van der Waals surface area (Å²) in [6.45, 7) is 7.79. The van der Waals surface area contributed by atoms with E-state index in [4.69, 9.17) is 4.74 Å². The van der Waals surface area contributed by atoms with Gasteiger partial charge in [-0.25, -0.2) is 0 Å². The van der Waals surface area contributed by atoms with Crippen molar-refractivity contribution < 1.29 is 13.2 Å². The van der Waals surface area contributed by atoms with Gasteiger partial charge in [-0.2, -0.15) is 17.0 Å². The van der Waals surface area contributed by atoms with E-state index in [9.17, 15) is 8.42 Å². The van der Waals surface area contributed by atoms with E-state index in [-0.39, 0.29) is 0 Å². The lowest BCUT2D eigenvalue weighted by atomic mass is 10.0. The summed E-state index contributed by atoms with van der Waals surface area (Å²) in [5, 5.41) is 0. The minimum Gasteiger partial charge on any atom is -0.494 e. The number of hydrogen-bond donors (Lipinski definition) is 0. The third-order valence-corrected chi connectivity index (χ3v) is 8.52. The van der Waals surface area contributed by atoms with E-state index in [0.717, 1.165) is 63.9 Å². The van der Waals surface area contributed by atoms with Crippen molar-refractivity contribution >= 4 is 10.2 Å². The highest BCUT2D eigenvalue weighted by molar-refractivity contribution is 7.86. The van der Waals surface area contributed by atoms with Gasteiger partial charge in [-0.3, -0.25) is 4.90 Å². The van der Waals surface area contributed by atoms with E-state index < -0.39 is 10.2 Å². The molecule has 0 radical (unpaired) electrons. The molecule has 0 spiro atoms. The summed E-state index contributed by atoms with van der Waals surface area (Å²) >= 11 is 0. The fraction of sp³-hybridized carbons (Fsp3) is 0.727. The van der Waals surface area contributed by atoms with E-state index in [1.54, 1.807) is 8.61 Å². The molecule has 3 aliphatic rings. The number of aryl methyl sites for hydroxylation is 2. The average molecular weight is 422 g/mol. The van der Waals surface area contributed by atoms with Crippen molar-refractivity contribution in [1.82, 2.24) is 13.5 Å². The minimum absolute atomic E-state index is 0.577. The fourth-order valence-electron chi connectivity index (χ4n) is 4.90. The smallest absolute Gasteiger partial charge is 0.282 e. The second-order valence-corrected chi connectivity index (χ2v) is 10.4. The first kappa shape index (κ1) is 21.1. The number of ether oxygens (including phenoxy) is 1. The molecule has 7 heteroatoms. The van der Waals surface area contributed by atoms with Crippen LogP contribution in [0.2, 0.25) is 0 Å². The van der Waals surface area contributed by atoms with Crippen LogP contribution in [0.4, 0.5) is 0 Å². The molecule has 29 heavy (non-hydrogen) atoms. The minimum atomic E-state index is -3.31. The van der Waals surface area contributed by atoms with Crippen molar-refractivity contribution in [2.45, 2.75) is 58.4 Å². The number of rotatable bonds is 6. The Hall–Kier alpha value is -1.15. The van der Waals surface area contributed by atoms with Crippen LogP contribution in [0.1, 0.15) is 55.7 Å². The Morgan fingerprint density at radius 3 is 2.28 bits per heavy atom. The quantitative estimate of drug-likeness (QED) is 0.709. The van der Waals surface area contributed by atoms with Gasteiger partial charge in [0.2, 0.25) is 0 Å². The van der Waals surface area contributed by atoms with Crippen molar-refractivity contribution in [1.29, 1.82) is 0 Å². The van der Waals surface area contributed by atoms with E-state index in [1.807, 2.05) is 6.92 Å². The van der Waals surface area contributed by atoms with E-state index in [1.165, 1.54) is 23.1 Å². The van der Waals surface area contributed by atoms with Crippen LogP contribution in [0.25, 0.3) is 0 Å². The maximum Gasteiger partial charge on any atom is 0.282 e. The number of hydrogen-bond acceptors (Lipinski definition) is 4. The topological polar surface area (TPSA) is 53.1 Å². The van der Waals surface area contributed by atoms with Crippen LogP contribution in [-0.4, -0.2) is 67.8 Å². The molecular formula is C22H35N3O3S. The fourth-order valence-corrected chi connectivity index (χ4v) is 6.62. The molecule has 0 saturated carbocycles. The molecule has 0 amide bonds. The highest BCUT2D eigenvalue weighted by Gasteiger charge is 2.32. The Labute approximate surface area is 176 Å². The molecule has 1 aromatic carbocycles. The molecule has 0 atom stereocenters. The number of fused-ring (bicyclic) bond motifs is 1. The van der Waals surface area contributed by atoms with Gasteiger partial charge in [0.15, 0.2) is 0 Å². The zero-order chi connectivity index (χ0) is 20.3. The summed E-state index contributed by atoms with van der Waals surface area (Å²) in [6, 6.07) is 4.58. The zero-order valence-corrected chi connectivity index (χ0v) is 18.6. The lowest BCUT2D eigenvalue weighted by Crippen LogP contribution is -2.47. The predicted octanol–water partition coefficient (Wildman–Crippen LogP) is 2.81. The first-order valence-electron chi connectivity index (χ1n) is 11.3. The second-order valence-electron chi connectivity index (χ2n) is 8.51. The Balaban J connectivity index is 1.43. The van der Waals surface area contributed by atoms with Crippen molar-refractivity contribution in [3.8, 4) is 5.75 Å². The predicted molar refractivity (Wildman–Crippen MR) is 115 cm³/mol. The molecule has 2 aliphatic heterocycles. The van der Waals surface area contributed by atoms with Gasteiger partial charge in [0.1, 0.15) is 5.75 Å². The van der Waals surface area contributed by atoms with Crippen molar-refractivity contribution in [3.63, 3.8) is 0 Å². The van der Waals surface area contributed by atoms with Gasteiger partial charge in [-0.15, -0.1) is 0 Å². The van der Waals surface area contributed by atoms with Crippen molar-refractivity contribution in [3.05, 3.63) is 28.8 Å². The van der Waals surface area contributed by atoms with Gasteiger partial charge >= 0.3 is 0 Å².